The van der Waals surface area contributed by atoms with Crippen LogP contribution in [-0.2, 0) is 43.5 Å². The fourth-order valence-electron chi connectivity index (χ4n) is 4.51. The molecule has 0 radical (unpaired) electrons. The molecule has 2 heterocycles. The van der Waals surface area contributed by atoms with Crippen LogP contribution in [0.5, 0.6) is 5.75 Å². The highest BCUT2D eigenvalue weighted by Crippen LogP contribution is 2.33. The fraction of sp³-hybridized carbons (Fsp3) is 0.212. The Morgan fingerprint density at radius 2 is 1.56 bits per heavy atom. The Hall–Kier alpha value is -5.78. The van der Waals surface area contributed by atoms with Crippen LogP contribution in [0.25, 0.3) is 11.3 Å². The Kier molecular flexibility index (Phi) is 9.32. The van der Waals surface area contributed by atoms with Gasteiger partial charge in [-0.05, 0) is 28.8 Å². The normalized spacial score (nSPS) is 13.7. The summed E-state index contributed by atoms with van der Waals surface area (Å²) in [5.74, 6) is -2.04. The number of alkyl carbamates (subject to hydrolysis) is 1. The third-order valence-corrected chi connectivity index (χ3v) is 6.61. The van der Waals surface area contributed by atoms with Gasteiger partial charge in [0.2, 0.25) is 0 Å². The van der Waals surface area contributed by atoms with E-state index in [1.807, 2.05) is 54.6 Å². The van der Waals surface area contributed by atoms with Crippen molar-refractivity contribution in [1.82, 2.24) is 15.6 Å². The molecule has 232 valence electrons. The van der Waals surface area contributed by atoms with Crippen LogP contribution in [0.3, 0.4) is 0 Å². The zero-order chi connectivity index (χ0) is 31.8. The van der Waals surface area contributed by atoms with Crippen molar-refractivity contribution in [2.24, 2.45) is 0 Å². The van der Waals surface area contributed by atoms with Gasteiger partial charge < -0.3 is 39.3 Å². The number of ether oxygens (including phenoxy) is 4. The third kappa shape index (κ3) is 7.99. The molecule has 1 aliphatic rings. The molecule has 1 aliphatic heterocycles. The standard InChI is InChI=1S/C33H32N4O8/c1-33(2)44-30(38)28(31(39)45-33)29(37-24-12-13-25(26(15-24)41-3)27-18-34-20-43-27)35-16-22-10-7-11-23(14-22)17-36-32(40)42-19-21-8-5-4-6-9-21/h4-15,18,20,35,37H,16-17,19H2,1-3H3,(H,36,40). The summed E-state index contributed by atoms with van der Waals surface area (Å²) in [5.41, 5.74) is 3.35. The summed E-state index contributed by atoms with van der Waals surface area (Å²) in [5, 5.41) is 8.98. The second-order valence-electron chi connectivity index (χ2n) is 10.4. The molecule has 12 heteroatoms. The molecule has 1 aromatic heterocycles. The van der Waals surface area contributed by atoms with E-state index in [4.69, 9.17) is 23.4 Å². The van der Waals surface area contributed by atoms with E-state index in [1.165, 1.54) is 27.4 Å². The molecule has 12 nitrogen and oxygen atoms in total. The minimum atomic E-state index is -1.41. The SMILES string of the molecule is COc1cc(NC(NCc2cccc(CNC(=O)OCc3ccccc3)c2)=C2C(=O)OC(C)(C)OC2=O)ccc1-c1cnco1. The van der Waals surface area contributed by atoms with E-state index >= 15 is 0 Å². The zero-order valence-corrected chi connectivity index (χ0v) is 24.9. The molecule has 3 N–H and O–H groups in total. The average Bonchev–Trinajstić information content (AvgIpc) is 3.56. The highest BCUT2D eigenvalue weighted by molar-refractivity contribution is 6.16. The van der Waals surface area contributed by atoms with Crippen molar-refractivity contribution in [1.29, 1.82) is 0 Å². The summed E-state index contributed by atoms with van der Waals surface area (Å²) >= 11 is 0. The Morgan fingerprint density at radius 3 is 2.22 bits per heavy atom. The van der Waals surface area contributed by atoms with Crippen LogP contribution in [0, 0.1) is 0 Å². The maximum absolute atomic E-state index is 13.0. The molecule has 1 saturated heterocycles. The minimum absolute atomic E-state index is 0.0722. The van der Waals surface area contributed by atoms with Crippen molar-refractivity contribution in [2.45, 2.75) is 39.3 Å². The van der Waals surface area contributed by atoms with Crippen molar-refractivity contribution in [2.75, 3.05) is 12.4 Å². The highest BCUT2D eigenvalue weighted by atomic mass is 16.7. The zero-order valence-electron chi connectivity index (χ0n) is 24.9. The maximum atomic E-state index is 13.0. The van der Waals surface area contributed by atoms with Gasteiger partial charge in [-0.25, -0.2) is 19.4 Å². The number of anilines is 1. The van der Waals surface area contributed by atoms with Crippen LogP contribution in [0.4, 0.5) is 10.5 Å². The van der Waals surface area contributed by atoms with Gasteiger partial charge in [0.1, 0.15) is 18.2 Å². The lowest BCUT2D eigenvalue weighted by Crippen LogP contribution is -2.44. The van der Waals surface area contributed by atoms with Crippen LogP contribution in [0.2, 0.25) is 0 Å². The maximum Gasteiger partial charge on any atom is 0.407 e. The number of oxazole rings is 1. The van der Waals surface area contributed by atoms with Crippen molar-refractivity contribution in [3.8, 4) is 17.1 Å². The number of benzene rings is 3. The molecule has 45 heavy (non-hydrogen) atoms. The molecule has 3 aromatic carbocycles. The van der Waals surface area contributed by atoms with Gasteiger partial charge in [0.25, 0.3) is 5.79 Å². The van der Waals surface area contributed by atoms with E-state index in [0.29, 0.717) is 22.8 Å². The summed E-state index contributed by atoms with van der Waals surface area (Å²) in [6.07, 6.45) is 2.34. The average molecular weight is 613 g/mol. The Morgan fingerprint density at radius 1 is 0.867 bits per heavy atom. The minimum Gasteiger partial charge on any atom is -0.496 e. The van der Waals surface area contributed by atoms with E-state index in [9.17, 15) is 14.4 Å². The smallest absolute Gasteiger partial charge is 0.407 e. The van der Waals surface area contributed by atoms with Crippen molar-refractivity contribution in [3.05, 3.63) is 113 Å². The molecule has 0 unspecified atom stereocenters. The first kappa shape index (κ1) is 30.7. The first-order chi connectivity index (χ1) is 21.7. The molecule has 1 amide bonds. The number of amides is 1. The lowest BCUT2D eigenvalue weighted by Gasteiger charge is -2.31. The van der Waals surface area contributed by atoms with Crippen LogP contribution in [-0.4, -0.2) is 35.9 Å². The van der Waals surface area contributed by atoms with Gasteiger partial charge >= 0.3 is 18.0 Å². The molecule has 0 aliphatic carbocycles. The fourth-order valence-corrected chi connectivity index (χ4v) is 4.51. The molecule has 4 aromatic rings. The first-order valence-corrected chi connectivity index (χ1v) is 14.0. The number of aromatic nitrogens is 1. The van der Waals surface area contributed by atoms with E-state index in [2.05, 4.69) is 20.9 Å². The predicted molar refractivity (Wildman–Crippen MR) is 162 cm³/mol. The van der Waals surface area contributed by atoms with Crippen molar-refractivity contribution >= 4 is 23.7 Å². The molecule has 0 spiro atoms. The second kappa shape index (κ2) is 13.7. The molecule has 0 saturated carbocycles. The molecule has 5 rings (SSSR count). The van der Waals surface area contributed by atoms with Crippen LogP contribution < -0.4 is 20.7 Å². The van der Waals surface area contributed by atoms with E-state index < -0.39 is 23.8 Å². The van der Waals surface area contributed by atoms with Crippen molar-refractivity contribution < 1.29 is 37.7 Å². The van der Waals surface area contributed by atoms with E-state index in [-0.39, 0.29) is 31.1 Å². The number of carbonyl (C=O) groups excluding carboxylic acids is 3. The van der Waals surface area contributed by atoms with Gasteiger partial charge in [-0.3, -0.25) is 0 Å². The molecular weight excluding hydrogens is 580 g/mol. The highest BCUT2D eigenvalue weighted by Gasteiger charge is 2.41. The molecule has 1 fully saturated rings. The largest absolute Gasteiger partial charge is 0.496 e. The van der Waals surface area contributed by atoms with Gasteiger partial charge in [0, 0.05) is 38.7 Å². The summed E-state index contributed by atoms with van der Waals surface area (Å²) in [7, 11) is 1.51. The van der Waals surface area contributed by atoms with Gasteiger partial charge in [-0.15, -0.1) is 0 Å². The summed E-state index contributed by atoms with van der Waals surface area (Å²) in [4.78, 5) is 42.1. The predicted octanol–water partition coefficient (Wildman–Crippen LogP) is 5.03. The number of cyclic esters (lactones) is 2. The number of rotatable bonds is 11. The van der Waals surface area contributed by atoms with Gasteiger partial charge in [0.05, 0.1) is 18.9 Å². The van der Waals surface area contributed by atoms with Crippen molar-refractivity contribution in [3.63, 3.8) is 0 Å². The summed E-state index contributed by atoms with van der Waals surface area (Å²) in [6, 6.07) is 22.0. The number of esters is 2. The van der Waals surface area contributed by atoms with Gasteiger partial charge in [0.15, 0.2) is 17.7 Å². The number of nitrogens with one attached hydrogen (secondary N) is 3. The molecule has 0 atom stereocenters. The summed E-state index contributed by atoms with van der Waals surface area (Å²) < 4.78 is 26.9. The van der Waals surface area contributed by atoms with Crippen LogP contribution in [0.1, 0.15) is 30.5 Å². The Balaban J connectivity index is 1.31. The number of methoxy groups -OCH3 is 1. The van der Waals surface area contributed by atoms with E-state index in [0.717, 1.165) is 16.7 Å². The molecular formula is C33H32N4O8. The number of hydrogen-bond acceptors (Lipinski definition) is 11. The summed E-state index contributed by atoms with van der Waals surface area (Å²) in [6.45, 7) is 3.56. The lowest BCUT2D eigenvalue weighted by molar-refractivity contribution is -0.222. The van der Waals surface area contributed by atoms with Gasteiger partial charge in [-0.1, -0.05) is 54.6 Å². The third-order valence-electron chi connectivity index (χ3n) is 6.61. The number of carbonyl (C=O) groups is 3. The quantitative estimate of drug-likeness (QED) is 0.119. The number of hydrogen-bond donors (Lipinski definition) is 3. The topological polar surface area (TPSA) is 150 Å². The van der Waals surface area contributed by atoms with Crippen LogP contribution >= 0.6 is 0 Å². The lowest BCUT2D eigenvalue weighted by atomic mass is 10.1. The first-order valence-electron chi connectivity index (χ1n) is 14.0. The Bertz CT molecular complexity index is 1680. The second-order valence-corrected chi connectivity index (χ2v) is 10.4. The number of nitrogens with zero attached hydrogens (tertiary/aromatic N) is 1. The molecule has 0 bridgehead atoms. The van der Waals surface area contributed by atoms with Gasteiger partial charge in [-0.2, -0.15) is 0 Å². The van der Waals surface area contributed by atoms with Crippen LogP contribution in [0.15, 0.2) is 101 Å². The monoisotopic (exact) mass is 612 g/mol. The Labute approximate surface area is 259 Å². The van der Waals surface area contributed by atoms with E-state index in [1.54, 1.807) is 24.4 Å².